The molecule has 2 aliphatic heterocycles. The molecule has 1 saturated heterocycles. The number of amides is 5. The summed E-state index contributed by atoms with van der Waals surface area (Å²) in [6, 6.07) is 16.4. The smallest absolute Gasteiger partial charge is 0.326 e. The lowest BCUT2D eigenvalue weighted by atomic mass is 9.90. The number of nitrogens with zero attached hydrogens (tertiary/aromatic N) is 2. The Bertz CT molecular complexity index is 1940. The van der Waals surface area contributed by atoms with Crippen LogP contribution >= 0.6 is 0 Å². The lowest BCUT2D eigenvalue weighted by molar-refractivity contribution is -0.152. The molecular weight excluding hydrogens is 741 g/mol. The van der Waals surface area contributed by atoms with E-state index in [4.69, 9.17) is 5.73 Å². The quantitative estimate of drug-likeness (QED) is 0.126. The number of fused-ring (bicyclic) bond motifs is 1. The van der Waals surface area contributed by atoms with Crippen LogP contribution in [0.1, 0.15) is 69.2 Å². The molecule has 0 saturated carbocycles. The van der Waals surface area contributed by atoms with Crippen molar-refractivity contribution in [3.63, 3.8) is 0 Å². The fraction of sp³-hybridized carbons (Fsp3) is 0.455. The molecule has 0 bridgehead atoms. The molecule has 3 aromatic carbocycles. The Balaban J connectivity index is 1.41. The number of rotatable bonds is 16. The molecule has 2 aliphatic rings. The number of hydrogen-bond acceptors (Lipinski definition) is 8. The van der Waals surface area contributed by atoms with Gasteiger partial charge in [0.05, 0.1) is 6.04 Å². The predicted molar refractivity (Wildman–Crippen MR) is 217 cm³/mol. The van der Waals surface area contributed by atoms with Crippen LogP contribution < -0.4 is 21.7 Å². The third-order valence-electron chi connectivity index (χ3n) is 11.4. The second-order valence-electron chi connectivity index (χ2n) is 15.8. The van der Waals surface area contributed by atoms with Crippen molar-refractivity contribution in [3.8, 4) is 5.75 Å². The van der Waals surface area contributed by atoms with Gasteiger partial charge in [0.2, 0.25) is 29.5 Å². The number of nitrogens with two attached hydrogens (primary N) is 1. The maximum Gasteiger partial charge on any atom is 0.326 e. The van der Waals surface area contributed by atoms with Crippen molar-refractivity contribution in [1.29, 1.82) is 0 Å². The van der Waals surface area contributed by atoms with E-state index in [2.05, 4.69) is 16.0 Å². The molecule has 0 aromatic heterocycles. The Morgan fingerprint density at radius 2 is 1.38 bits per heavy atom. The van der Waals surface area contributed by atoms with Gasteiger partial charge in [-0.2, -0.15) is 0 Å². The average Bonchev–Trinajstić information content (AvgIpc) is 3.72. The van der Waals surface area contributed by atoms with E-state index in [9.17, 15) is 39.0 Å². The number of carbonyl (C=O) groups excluding carboxylic acids is 5. The second kappa shape index (κ2) is 19.6. The molecule has 7 atom stereocenters. The molecule has 14 nitrogen and oxygen atoms in total. The normalized spacial score (nSPS) is 18.9. The van der Waals surface area contributed by atoms with Crippen LogP contribution in [0.3, 0.4) is 0 Å². The van der Waals surface area contributed by atoms with Crippen molar-refractivity contribution in [2.45, 2.75) is 109 Å². The van der Waals surface area contributed by atoms with E-state index in [-0.39, 0.29) is 44.0 Å². The lowest BCUT2D eigenvalue weighted by Crippen LogP contribution is -2.62. The summed E-state index contributed by atoms with van der Waals surface area (Å²) in [6.45, 7) is 7.62. The number of phenols is 1. The van der Waals surface area contributed by atoms with Crippen molar-refractivity contribution < 1.29 is 39.0 Å². The number of benzene rings is 3. The van der Waals surface area contributed by atoms with Crippen molar-refractivity contribution in [2.75, 3.05) is 6.54 Å². The van der Waals surface area contributed by atoms with E-state index in [1.807, 2.05) is 44.2 Å². The van der Waals surface area contributed by atoms with Gasteiger partial charge < -0.3 is 41.7 Å². The summed E-state index contributed by atoms with van der Waals surface area (Å²) < 4.78 is 0. The zero-order valence-electron chi connectivity index (χ0n) is 33.6. The number of nitrogens with one attached hydrogen (secondary N) is 3. The summed E-state index contributed by atoms with van der Waals surface area (Å²) in [5.74, 6) is -4.41. The zero-order chi connectivity index (χ0) is 42.1. The molecule has 2 heterocycles. The van der Waals surface area contributed by atoms with Crippen LogP contribution in [0.5, 0.6) is 5.75 Å². The van der Waals surface area contributed by atoms with Gasteiger partial charge in [0.1, 0.15) is 36.0 Å². The topological polar surface area (TPSA) is 211 Å². The van der Waals surface area contributed by atoms with E-state index in [1.165, 1.54) is 21.9 Å². The minimum absolute atomic E-state index is 0.0404. The third kappa shape index (κ3) is 10.6. The first-order valence-electron chi connectivity index (χ1n) is 20.1. The minimum atomic E-state index is -1.21. The number of aromatic hydroxyl groups is 1. The molecule has 7 N–H and O–H groups in total. The monoisotopic (exact) mass is 796 g/mol. The molecule has 1 fully saturated rings. The molecule has 0 unspecified atom stereocenters. The largest absolute Gasteiger partial charge is 0.508 e. The Kier molecular flexibility index (Phi) is 14.7. The standard InChI is InChI=1S/C44H56N6O8/c1-5-27(4)38(48-39(52)33(46-41(54)37(45)26(2)3)22-29-17-19-32(51)20-18-29)43(56)50-25-31-15-10-9-14-30(31)24-36(50)42(55)49-21-11-16-35(49)40(53)47-34(44(57)58)23-28-12-7-6-8-13-28/h6-10,12-15,17-20,26-27,33-38,51H,5,11,16,21-25,45H2,1-4H3,(H,46,54)(H,47,53)(H,48,52)(H,57,58)/t27-,33-,34-,35-,36-,37-,38-/m0/s1. The van der Waals surface area contributed by atoms with E-state index < -0.39 is 77.7 Å². The van der Waals surface area contributed by atoms with Crippen LogP contribution in [0.4, 0.5) is 0 Å². The molecule has 0 spiro atoms. The Labute approximate surface area is 339 Å². The van der Waals surface area contributed by atoms with Crippen LogP contribution in [-0.2, 0) is 54.6 Å². The highest BCUT2D eigenvalue weighted by Gasteiger charge is 2.45. The van der Waals surface area contributed by atoms with E-state index in [1.54, 1.807) is 50.2 Å². The highest BCUT2D eigenvalue weighted by atomic mass is 16.4. The van der Waals surface area contributed by atoms with Crippen LogP contribution in [0.2, 0.25) is 0 Å². The first-order valence-corrected chi connectivity index (χ1v) is 20.1. The summed E-state index contributed by atoms with van der Waals surface area (Å²) in [4.78, 5) is 85.8. The van der Waals surface area contributed by atoms with Gasteiger partial charge in [0.15, 0.2) is 0 Å². The highest BCUT2D eigenvalue weighted by molar-refractivity contribution is 5.97. The fourth-order valence-corrected chi connectivity index (χ4v) is 7.55. The number of carboxylic acid groups (broad SMARTS) is 1. The molecule has 0 aliphatic carbocycles. The number of likely N-dealkylation sites (tertiary alicyclic amines) is 1. The van der Waals surface area contributed by atoms with Gasteiger partial charge >= 0.3 is 5.97 Å². The van der Waals surface area contributed by atoms with Gasteiger partial charge in [0.25, 0.3) is 0 Å². The summed E-state index contributed by atoms with van der Waals surface area (Å²) >= 11 is 0. The third-order valence-corrected chi connectivity index (χ3v) is 11.4. The van der Waals surface area contributed by atoms with Gasteiger partial charge in [-0.3, -0.25) is 24.0 Å². The summed E-state index contributed by atoms with van der Waals surface area (Å²) in [6.07, 6.45) is 1.62. The molecule has 5 amide bonds. The van der Waals surface area contributed by atoms with Crippen LogP contribution in [-0.4, -0.2) is 98.3 Å². The van der Waals surface area contributed by atoms with E-state index in [0.717, 1.165) is 16.7 Å². The Morgan fingerprint density at radius 3 is 2.02 bits per heavy atom. The highest BCUT2D eigenvalue weighted by Crippen LogP contribution is 2.29. The second-order valence-corrected chi connectivity index (χ2v) is 15.8. The minimum Gasteiger partial charge on any atom is -0.508 e. The maximum atomic E-state index is 14.9. The molecular formula is C44H56N6O8. The number of aliphatic carboxylic acids is 1. The van der Waals surface area contributed by atoms with Gasteiger partial charge in [-0.1, -0.05) is 101 Å². The first-order chi connectivity index (χ1) is 27.7. The Morgan fingerprint density at radius 1 is 0.759 bits per heavy atom. The molecule has 310 valence electrons. The number of carboxylic acids is 1. The maximum absolute atomic E-state index is 14.9. The number of hydrogen-bond donors (Lipinski definition) is 6. The van der Waals surface area contributed by atoms with Gasteiger partial charge in [-0.15, -0.1) is 0 Å². The summed E-state index contributed by atoms with van der Waals surface area (Å²) in [5.41, 5.74) is 9.25. The first kappa shape index (κ1) is 43.4. The van der Waals surface area contributed by atoms with E-state index >= 15 is 0 Å². The zero-order valence-corrected chi connectivity index (χ0v) is 33.6. The van der Waals surface area contributed by atoms with Crippen molar-refractivity contribution in [2.24, 2.45) is 17.6 Å². The fourth-order valence-electron chi connectivity index (χ4n) is 7.55. The molecule has 0 radical (unpaired) electrons. The number of phenolic OH excluding ortho intramolecular Hbond substituents is 1. The average molecular weight is 797 g/mol. The molecule has 5 rings (SSSR count). The van der Waals surface area contributed by atoms with Gasteiger partial charge in [0, 0.05) is 32.4 Å². The van der Waals surface area contributed by atoms with Gasteiger partial charge in [-0.25, -0.2) is 4.79 Å². The van der Waals surface area contributed by atoms with Crippen molar-refractivity contribution in [3.05, 3.63) is 101 Å². The van der Waals surface area contributed by atoms with Crippen LogP contribution in [0.15, 0.2) is 78.9 Å². The lowest BCUT2D eigenvalue weighted by Gasteiger charge is -2.41. The summed E-state index contributed by atoms with van der Waals surface area (Å²) in [7, 11) is 0. The molecule has 14 heteroatoms. The van der Waals surface area contributed by atoms with Crippen molar-refractivity contribution in [1.82, 2.24) is 25.8 Å². The summed E-state index contributed by atoms with van der Waals surface area (Å²) in [5, 5.41) is 28.2. The molecule has 58 heavy (non-hydrogen) atoms. The SMILES string of the molecule is CC[C@H](C)[C@H](NC(=O)[C@H](Cc1ccc(O)cc1)NC(=O)[C@@H](N)C(C)C)C(=O)N1Cc2ccccc2C[C@H]1C(=O)N1CCC[C@H]1C(=O)N[C@@H](Cc1ccccc1)C(=O)O. The molecule has 3 aromatic rings. The van der Waals surface area contributed by atoms with Gasteiger partial charge in [-0.05, 0) is 59.1 Å². The van der Waals surface area contributed by atoms with Crippen LogP contribution in [0, 0.1) is 11.8 Å². The van der Waals surface area contributed by atoms with E-state index in [0.29, 0.717) is 24.8 Å². The van der Waals surface area contributed by atoms with Crippen LogP contribution in [0.25, 0.3) is 0 Å². The van der Waals surface area contributed by atoms with Crippen molar-refractivity contribution >= 4 is 35.5 Å². The predicted octanol–water partition coefficient (Wildman–Crippen LogP) is 2.69. The number of carbonyl (C=O) groups is 6. The Hall–Kier alpha value is -5.76.